The zero-order valence-electron chi connectivity index (χ0n) is 14.1. The number of pyridine rings is 1. The quantitative estimate of drug-likeness (QED) is 0.935. The number of nitrogens with zero attached hydrogens (tertiary/aromatic N) is 3. The number of aryl methyl sites for hydroxylation is 1. The van der Waals surface area contributed by atoms with Crippen molar-refractivity contribution in [2.75, 3.05) is 13.1 Å². The Morgan fingerprint density at radius 2 is 2.25 bits per heavy atom. The molecule has 1 saturated heterocycles. The van der Waals surface area contributed by atoms with Gasteiger partial charge in [0.1, 0.15) is 5.69 Å². The predicted molar refractivity (Wildman–Crippen MR) is 91.5 cm³/mol. The number of amides is 1. The van der Waals surface area contributed by atoms with Gasteiger partial charge in [-0.1, -0.05) is 13.0 Å². The molecule has 1 aliphatic heterocycles. The van der Waals surface area contributed by atoms with Crippen molar-refractivity contribution in [1.82, 2.24) is 19.9 Å². The number of hydrogen-bond acceptors (Lipinski definition) is 4. The van der Waals surface area contributed by atoms with Gasteiger partial charge in [0.2, 0.25) is 5.91 Å². The summed E-state index contributed by atoms with van der Waals surface area (Å²) in [6.07, 6.45) is 3.94. The van der Waals surface area contributed by atoms with Gasteiger partial charge in [-0.2, -0.15) is 0 Å². The predicted octanol–water partition coefficient (Wildman–Crippen LogP) is 1.94. The highest BCUT2D eigenvalue weighted by atomic mass is 16.2. The number of aromatic nitrogens is 3. The first-order chi connectivity index (χ1) is 11.5. The molecule has 24 heavy (non-hydrogen) atoms. The number of piperidine rings is 1. The molecule has 6 nitrogen and oxygen atoms in total. The molecule has 0 saturated carbocycles. The molecule has 0 aliphatic carbocycles. The second-order valence-corrected chi connectivity index (χ2v) is 6.46. The summed E-state index contributed by atoms with van der Waals surface area (Å²) in [6, 6.07) is 5.44. The summed E-state index contributed by atoms with van der Waals surface area (Å²) in [4.78, 5) is 38.2. The summed E-state index contributed by atoms with van der Waals surface area (Å²) in [6.45, 7) is 5.47. The van der Waals surface area contributed by atoms with Gasteiger partial charge in [0, 0.05) is 30.5 Å². The average Bonchev–Trinajstić information content (AvgIpc) is 2.58. The van der Waals surface area contributed by atoms with E-state index in [0.717, 1.165) is 25.9 Å². The number of aromatic amines is 1. The third-order valence-corrected chi connectivity index (χ3v) is 4.47. The van der Waals surface area contributed by atoms with Crippen LogP contribution < -0.4 is 5.56 Å². The Morgan fingerprint density at radius 3 is 2.92 bits per heavy atom. The molecule has 1 unspecified atom stereocenters. The number of carbonyl (C=O) groups excluding carboxylic acids is 1. The minimum atomic E-state index is -0.262. The van der Waals surface area contributed by atoms with E-state index >= 15 is 0 Å². The topological polar surface area (TPSA) is 79.0 Å². The number of hydrogen-bond donors (Lipinski definition) is 1. The smallest absolute Gasteiger partial charge is 0.255 e. The maximum Gasteiger partial charge on any atom is 0.255 e. The van der Waals surface area contributed by atoms with Gasteiger partial charge in [-0.15, -0.1) is 0 Å². The van der Waals surface area contributed by atoms with Crippen LogP contribution in [0.1, 0.15) is 31.0 Å². The summed E-state index contributed by atoms with van der Waals surface area (Å²) in [5.41, 5.74) is 1.37. The SMILES string of the molecule is Cc1nc(-c2ccccn2)[nH]c(=O)c1CC(=O)N1CCCC(C)C1. The second kappa shape index (κ2) is 6.95. The molecule has 0 bridgehead atoms. The van der Waals surface area contributed by atoms with Crippen LogP contribution in [0.5, 0.6) is 0 Å². The average molecular weight is 326 g/mol. The molecule has 1 atom stereocenters. The molecule has 3 heterocycles. The van der Waals surface area contributed by atoms with Crippen LogP contribution in [-0.2, 0) is 11.2 Å². The van der Waals surface area contributed by atoms with Crippen molar-refractivity contribution in [2.45, 2.75) is 33.1 Å². The van der Waals surface area contributed by atoms with Crippen LogP contribution in [0.3, 0.4) is 0 Å². The van der Waals surface area contributed by atoms with Crippen molar-refractivity contribution >= 4 is 5.91 Å². The van der Waals surface area contributed by atoms with Crippen LogP contribution in [0.2, 0.25) is 0 Å². The van der Waals surface area contributed by atoms with Crippen LogP contribution in [-0.4, -0.2) is 38.8 Å². The van der Waals surface area contributed by atoms with Crippen molar-refractivity contribution in [3.63, 3.8) is 0 Å². The van der Waals surface area contributed by atoms with E-state index in [2.05, 4.69) is 21.9 Å². The largest absolute Gasteiger partial charge is 0.342 e. The molecule has 1 amide bonds. The molecular formula is C18H22N4O2. The molecule has 1 N–H and O–H groups in total. The van der Waals surface area contributed by atoms with Crippen LogP contribution in [0.4, 0.5) is 0 Å². The molecule has 1 aliphatic rings. The third kappa shape index (κ3) is 3.53. The first-order valence-corrected chi connectivity index (χ1v) is 8.33. The summed E-state index contributed by atoms with van der Waals surface area (Å²) < 4.78 is 0. The molecule has 2 aromatic rings. The first-order valence-electron chi connectivity index (χ1n) is 8.33. The Balaban J connectivity index is 1.82. The number of H-pyrrole nitrogens is 1. The van der Waals surface area contributed by atoms with Gasteiger partial charge < -0.3 is 9.88 Å². The highest BCUT2D eigenvalue weighted by molar-refractivity contribution is 5.79. The monoisotopic (exact) mass is 326 g/mol. The lowest BCUT2D eigenvalue weighted by Gasteiger charge is -2.31. The van der Waals surface area contributed by atoms with Gasteiger partial charge in [0.15, 0.2) is 5.82 Å². The van der Waals surface area contributed by atoms with Gasteiger partial charge in [-0.3, -0.25) is 14.6 Å². The van der Waals surface area contributed by atoms with Crippen molar-refractivity contribution in [1.29, 1.82) is 0 Å². The van der Waals surface area contributed by atoms with E-state index < -0.39 is 0 Å². The standard InChI is InChI=1S/C18H22N4O2/c1-12-6-5-9-22(11-12)16(23)10-14-13(2)20-17(21-18(14)24)15-7-3-4-8-19-15/h3-4,7-8,12H,5-6,9-11H2,1-2H3,(H,20,21,24). The molecule has 0 radical (unpaired) electrons. The second-order valence-electron chi connectivity index (χ2n) is 6.46. The molecule has 2 aromatic heterocycles. The van der Waals surface area contributed by atoms with Gasteiger partial charge in [0.05, 0.1) is 6.42 Å². The van der Waals surface area contributed by atoms with Crippen molar-refractivity contribution in [3.05, 3.63) is 46.0 Å². The van der Waals surface area contributed by atoms with Crippen LogP contribution >= 0.6 is 0 Å². The lowest BCUT2D eigenvalue weighted by molar-refractivity contribution is -0.132. The summed E-state index contributed by atoms with van der Waals surface area (Å²) in [5.74, 6) is 0.954. The van der Waals surface area contributed by atoms with Crippen molar-refractivity contribution < 1.29 is 4.79 Å². The molecule has 0 aromatic carbocycles. The fourth-order valence-electron chi connectivity index (χ4n) is 3.12. The van der Waals surface area contributed by atoms with E-state index in [9.17, 15) is 9.59 Å². The van der Waals surface area contributed by atoms with Crippen LogP contribution in [0.25, 0.3) is 11.5 Å². The fourth-order valence-corrected chi connectivity index (χ4v) is 3.12. The van der Waals surface area contributed by atoms with Gasteiger partial charge in [-0.05, 0) is 37.8 Å². The van der Waals surface area contributed by atoms with Crippen LogP contribution in [0.15, 0.2) is 29.2 Å². The highest BCUT2D eigenvalue weighted by Gasteiger charge is 2.23. The molecular weight excluding hydrogens is 304 g/mol. The normalized spacial score (nSPS) is 17.8. The minimum Gasteiger partial charge on any atom is -0.342 e. The Bertz CT molecular complexity index is 785. The van der Waals surface area contributed by atoms with E-state index in [1.54, 1.807) is 25.3 Å². The molecule has 0 spiro atoms. The van der Waals surface area contributed by atoms with Gasteiger partial charge >= 0.3 is 0 Å². The summed E-state index contributed by atoms with van der Waals surface area (Å²) >= 11 is 0. The van der Waals surface area contributed by atoms with Gasteiger partial charge in [0.25, 0.3) is 5.56 Å². The van der Waals surface area contributed by atoms with Crippen LogP contribution in [0, 0.1) is 12.8 Å². The number of nitrogens with one attached hydrogen (secondary N) is 1. The van der Waals surface area contributed by atoms with E-state index in [0.29, 0.717) is 28.7 Å². The molecule has 126 valence electrons. The summed E-state index contributed by atoms with van der Waals surface area (Å²) in [5, 5.41) is 0. The molecule has 3 rings (SSSR count). The van der Waals surface area contributed by atoms with E-state index in [1.807, 2.05) is 11.0 Å². The van der Waals surface area contributed by atoms with Crippen molar-refractivity contribution in [2.24, 2.45) is 5.92 Å². The highest BCUT2D eigenvalue weighted by Crippen LogP contribution is 2.17. The van der Waals surface area contributed by atoms with E-state index in [1.165, 1.54) is 0 Å². The lowest BCUT2D eigenvalue weighted by Crippen LogP contribution is -2.40. The Hall–Kier alpha value is -2.50. The Kier molecular flexibility index (Phi) is 4.74. The molecule has 1 fully saturated rings. The third-order valence-electron chi connectivity index (χ3n) is 4.47. The van der Waals surface area contributed by atoms with E-state index in [-0.39, 0.29) is 17.9 Å². The van der Waals surface area contributed by atoms with Gasteiger partial charge in [-0.25, -0.2) is 4.98 Å². The Labute approximate surface area is 141 Å². The van der Waals surface area contributed by atoms with E-state index in [4.69, 9.17) is 0 Å². The van der Waals surface area contributed by atoms with Crippen molar-refractivity contribution in [3.8, 4) is 11.5 Å². The number of rotatable bonds is 3. The molecule has 6 heteroatoms. The maximum absolute atomic E-state index is 12.5. The fraction of sp³-hybridized carbons (Fsp3) is 0.444. The maximum atomic E-state index is 12.5. The first kappa shape index (κ1) is 16.4. The number of carbonyl (C=O) groups is 1. The Morgan fingerprint density at radius 1 is 1.42 bits per heavy atom. The zero-order valence-corrected chi connectivity index (χ0v) is 14.1. The number of likely N-dealkylation sites (tertiary alicyclic amines) is 1. The zero-order chi connectivity index (χ0) is 17.1. The minimum absolute atomic E-state index is 0.00235. The lowest BCUT2D eigenvalue weighted by atomic mass is 9.99. The summed E-state index contributed by atoms with van der Waals surface area (Å²) in [7, 11) is 0.